The molecule has 0 aliphatic rings. The zero-order valence-electron chi connectivity index (χ0n) is 12.7. The molecule has 0 saturated carbocycles. The van der Waals surface area contributed by atoms with Gasteiger partial charge in [-0.05, 0) is 37.3 Å². The lowest BCUT2D eigenvalue weighted by Crippen LogP contribution is -2.41. The number of H-pyrrole nitrogens is 1. The number of aromatic nitrogens is 2. The van der Waals surface area contributed by atoms with Gasteiger partial charge in [-0.2, -0.15) is 0 Å². The van der Waals surface area contributed by atoms with Crippen molar-refractivity contribution < 1.29 is 4.79 Å². The molecule has 6 nitrogen and oxygen atoms in total. The third kappa shape index (κ3) is 3.03. The molecule has 1 atom stereocenters. The Labute approximate surface area is 145 Å². The Morgan fingerprint density at radius 2 is 1.92 bits per heavy atom. The highest BCUT2D eigenvalue weighted by Gasteiger charge is 2.20. The molecule has 0 aliphatic carbocycles. The second-order valence-corrected chi connectivity index (χ2v) is 6.24. The first-order chi connectivity index (χ1) is 11.5. The molecule has 0 fully saturated rings. The Balaban J connectivity index is 1.99. The van der Waals surface area contributed by atoms with E-state index in [9.17, 15) is 14.4 Å². The average molecular weight is 388 g/mol. The molecule has 3 aromatic rings. The van der Waals surface area contributed by atoms with Crippen molar-refractivity contribution in [3.63, 3.8) is 0 Å². The first kappa shape index (κ1) is 16.2. The summed E-state index contributed by atoms with van der Waals surface area (Å²) in [4.78, 5) is 39.8. The van der Waals surface area contributed by atoms with Gasteiger partial charge in [0.2, 0.25) is 5.91 Å². The fourth-order valence-corrected chi connectivity index (χ4v) is 2.86. The predicted molar refractivity (Wildman–Crippen MR) is 96.3 cm³/mol. The molecule has 2 N–H and O–H groups in total. The summed E-state index contributed by atoms with van der Waals surface area (Å²) < 4.78 is 1.74. The summed E-state index contributed by atoms with van der Waals surface area (Å²) in [5.74, 6) is -0.448. The van der Waals surface area contributed by atoms with Crippen molar-refractivity contribution in [2.24, 2.45) is 0 Å². The largest absolute Gasteiger partial charge is 0.329 e. The van der Waals surface area contributed by atoms with Crippen molar-refractivity contribution in [1.29, 1.82) is 0 Å². The van der Waals surface area contributed by atoms with Gasteiger partial charge in [-0.25, -0.2) is 9.36 Å². The number of fused-ring (bicyclic) bond motifs is 1. The van der Waals surface area contributed by atoms with Gasteiger partial charge in [0.25, 0.3) is 5.56 Å². The van der Waals surface area contributed by atoms with E-state index in [1.54, 1.807) is 42.5 Å². The lowest BCUT2D eigenvalue weighted by atomic mass is 10.2. The van der Waals surface area contributed by atoms with Crippen LogP contribution in [-0.2, 0) is 4.79 Å². The molecule has 0 radical (unpaired) electrons. The van der Waals surface area contributed by atoms with Crippen LogP contribution in [-0.4, -0.2) is 15.5 Å². The Morgan fingerprint density at radius 1 is 1.17 bits per heavy atom. The molecule has 0 unspecified atom stereocenters. The number of benzene rings is 2. The van der Waals surface area contributed by atoms with E-state index in [0.717, 1.165) is 9.04 Å². The number of hydrogen-bond donors (Lipinski definition) is 2. The number of aromatic amines is 1. The summed E-state index contributed by atoms with van der Waals surface area (Å²) in [7, 11) is 0. The van der Waals surface area contributed by atoms with Crippen molar-refractivity contribution in [3.05, 3.63) is 73.8 Å². The monoisotopic (exact) mass is 387 g/mol. The lowest BCUT2D eigenvalue weighted by Gasteiger charge is -2.15. The molecule has 3 rings (SSSR count). The maximum atomic E-state index is 12.6. The van der Waals surface area contributed by atoms with Gasteiger partial charge in [-0.3, -0.25) is 9.59 Å². The van der Waals surface area contributed by atoms with Crippen LogP contribution < -0.4 is 16.6 Å². The zero-order valence-corrected chi connectivity index (χ0v) is 14.3. The van der Waals surface area contributed by atoms with Crippen LogP contribution in [0.4, 0.5) is 5.69 Å². The summed E-state index contributed by atoms with van der Waals surface area (Å²) in [5.41, 5.74) is -0.0864. The van der Waals surface area contributed by atoms with Gasteiger partial charge in [0.1, 0.15) is 6.04 Å². The van der Waals surface area contributed by atoms with Gasteiger partial charge in [0.15, 0.2) is 0 Å². The minimum atomic E-state index is -0.954. The summed E-state index contributed by atoms with van der Waals surface area (Å²) in [6.45, 7) is 1.51. The van der Waals surface area contributed by atoms with Crippen molar-refractivity contribution in [2.45, 2.75) is 13.0 Å². The maximum absolute atomic E-state index is 12.6. The Morgan fingerprint density at radius 3 is 2.67 bits per heavy atom. The van der Waals surface area contributed by atoms with Crippen LogP contribution >= 0.6 is 15.9 Å². The van der Waals surface area contributed by atoms with Crippen LogP contribution in [0, 0.1) is 0 Å². The van der Waals surface area contributed by atoms with Crippen LogP contribution in [0.2, 0.25) is 0 Å². The normalized spacial score (nSPS) is 12.1. The minimum Gasteiger partial charge on any atom is -0.324 e. The number of carbonyl (C=O) groups excluding carboxylic acids is 1. The number of anilines is 1. The number of hydrogen-bond acceptors (Lipinski definition) is 3. The summed E-state index contributed by atoms with van der Waals surface area (Å²) in [6, 6.07) is 12.8. The highest BCUT2D eigenvalue weighted by molar-refractivity contribution is 9.10. The van der Waals surface area contributed by atoms with Gasteiger partial charge in [-0.1, -0.05) is 34.1 Å². The molecule has 24 heavy (non-hydrogen) atoms. The first-order valence-corrected chi connectivity index (χ1v) is 8.06. The minimum absolute atomic E-state index is 0.360. The van der Waals surface area contributed by atoms with Gasteiger partial charge in [0.05, 0.1) is 10.9 Å². The molecule has 7 heteroatoms. The van der Waals surface area contributed by atoms with E-state index in [2.05, 4.69) is 26.2 Å². The summed E-state index contributed by atoms with van der Waals surface area (Å²) in [5, 5.41) is 3.06. The molecular formula is C17H14BrN3O3. The number of rotatable bonds is 3. The third-order valence-corrected chi connectivity index (χ3v) is 4.19. The smallest absolute Gasteiger partial charge is 0.324 e. The average Bonchev–Trinajstić information content (AvgIpc) is 2.54. The van der Waals surface area contributed by atoms with Crippen molar-refractivity contribution in [3.8, 4) is 0 Å². The number of nitrogens with zero attached hydrogens (tertiary/aromatic N) is 1. The molecule has 1 aromatic heterocycles. The van der Waals surface area contributed by atoms with E-state index < -0.39 is 23.2 Å². The molecule has 122 valence electrons. The molecule has 0 spiro atoms. The second-order valence-electron chi connectivity index (χ2n) is 5.33. The van der Waals surface area contributed by atoms with Crippen LogP contribution in [0.5, 0.6) is 0 Å². The molecule has 1 heterocycles. The topological polar surface area (TPSA) is 84.0 Å². The summed E-state index contributed by atoms with van der Waals surface area (Å²) >= 11 is 3.32. The van der Waals surface area contributed by atoms with Crippen LogP contribution in [0.25, 0.3) is 10.9 Å². The Bertz CT molecular complexity index is 1040. The standard InChI is InChI=1S/C17H14BrN3O3/c1-10(15(22)19-12-6-4-5-11(18)9-12)21-16(23)13-7-2-3-8-14(13)20-17(21)24/h2-10H,1H3,(H,19,22)(H,20,24)/t10-/m0/s1. The van der Waals surface area contributed by atoms with Gasteiger partial charge in [-0.15, -0.1) is 0 Å². The highest BCUT2D eigenvalue weighted by atomic mass is 79.9. The van der Waals surface area contributed by atoms with Crippen LogP contribution in [0.3, 0.4) is 0 Å². The fourth-order valence-electron chi connectivity index (χ4n) is 2.46. The molecule has 1 amide bonds. The molecule has 0 bridgehead atoms. The van der Waals surface area contributed by atoms with Crippen molar-refractivity contribution in [2.75, 3.05) is 5.32 Å². The van der Waals surface area contributed by atoms with E-state index in [4.69, 9.17) is 0 Å². The van der Waals surface area contributed by atoms with Crippen LogP contribution in [0.1, 0.15) is 13.0 Å². The third-order valence-electron chi connectivity index (χ3n) is 3.70. The lowest BCUT2D eigenvalue weighted by molar-refractivity contribution is -0.119. The Kier molecular flexibility index (Phi) is 4.35. The SMILES string of the molecule is C[C@@H](C(=O)Nc1cccc(Br)c1)n1c(=O)[nH]c2ccccc2c1=O. The van der Waals surface area contributed by atoms with E-state index in [1.165, 1.54) is 6.92 Å². The number of nitrogens with one attached hydrogen (secondary N) is 2. The number of carbonyl (C=O) groups is 1. The number of para-hydroxylation sites is 1. The zero-order chi connectivity index (χ0) is 17.3. The molecule has 0 saturated heterocycles. The van der Waals surface area contributed by atoms with Crippen molar-refractivity contribution >= 4 is 38.4 Å². The van der Waals surface area contributed by atoms with E-state index in [1.807, 2.05) is 6.07 Å². The quantitative estimate of drug-likeness (QED) is 0.724. The Hall–Kier alpha value is -2.67. The van der Waals surface area contributed by atoms with Gasteiger partial charge in [0, 0.05) is 10.2 Å². The van der Waals surface area contributed by atoms with E-state index in [0.29, 0.717) is 16.6 Å². The van der Waals surface area contributed by atoms with Crippen molar-refractivity contribution in [1.82, 2.24) is 9.55 Å². The highest BCUT2D eigenvalue weighted by Crippen LogP contribution is 2.17. The maximum Gasteiger partial charge on any atom is 0.329 e. The van der Waals surface area contributed by atoms with E-state index >= 15 is 0 Å². The second kappa shape index (κ2) is 6.45. The van der Waals surface area contributed by atoms with Gasteiger partial charge < -0.3 is 10.3 Å². The number of halogens is 1. The summed E-state index contributed by atoms with van der Waals surface area (Å²) in [6.07, 6.45) is 0. The van der Waals surface area contributed by atoms with E-state index in [-0.39, 0.29) is 0 Å². The van der Waals surface area contributed by atoms with Gasteiger partial charge >= 0.3 is 5.69 Å². The molecule has 0 aliphatic heterocycles. The molecule has 2 aromatic carbocycles. The number of amides is 1. The van der Waals surface area contributed by atoms with Crippen LogP contribution in [0.15, 0.2) is 62.6 Å². The fraction of sp³-hybridized carbons (Fsp3) is 0.118. The molecular weight excluding hydrogens is 374 g/mol. The first-order valence-electron chi connectivity index (χ1n) is 7.27. The predicted octanol–water partition coefficient (Wildman–Crippen LogP) is 2.65.